The van der Waals surface area contributed by atoms with Crippen LogP contribution in [-0.4, -0.2) is 10.9 Å². The summed E-state index contributed by atoms with van der Waals surface area (Å²) >= 11 is 8.54. The zero-order valence-electron chi connectivity index (χ0n) is 9.25. The Labute approximate surface area is 120 Å². The monoisotopic (exact) mass is 346 g/mol. The van der Waals surface area contributed by atoms with Crippen LogP contribution in [-0.2, 0) is 0 Å². The molecule has 98 valence electrons. The first-order valence-corrected chi connectivity index (χ1v) is 6.23. The number of carbonyl (C=O) groups is 1. The van der Waals surface area contributed by atoms with Crippen molar-refractivity contribution >= 4 is 39.3 Å². The maximum Gasteiger partial charge on any atom is 0.259 e. The molecule has 1 aromatic carbocycles. The maximum atomic E-state index is 13.5. The van der Waals surface area contributed by atoms with Gasteiger partial charge in [0.05, 0.1) is 10.6 Å². The van der Waals surface area contributed by atoms with Crippen LogP contribution in [0.2, 0.25) is 5.02 Å². The highest BCUT2D eigenvalue weighted by Crippen LogP contribution is 2.20. The van der Waals surface area contributed by atoms with E-state index in [0.717, 1.165) is 12.1 Å². The van der Waals surface area contributed by atoms with Crippen molar-refractivity contribution in [2.45, 2.75) is 0 Å². The number of anilines is 1. The topological polar surface area (TPSA) is 42.0 Å². The fourth-order valence-electron chi connectivity index (χ4n) is 1.36. The minimum atomic E-state index is -0.904. The Morgan fingerprint density at radius 1 is 1.26 bits per heavy atom. The number of carbonyl (C=O) groups excluding carboxylic acids is 1. The van der Waals surface area contributed by atoms with E-state index in [0.29, 0.717) is 4.60 Å². The van der Waals surface area contributed by atoms with Crippen molar-refractivity contribution in [2.24, 2.45) is 0 Å². The summed E-state index contributed by atoms with van der Waals surface area (Å²) in [4.78, 5) is 15.7. The van der Waals surface area contributed by atoms with E-state index in [9.17, 15) is 13.6 Å². The lowest BCUT2D eigenvalue weighted by Gasteiger charge is -2.06. The molecule has 19 heavy (non-hydrogen) atoms. The highest BCUT2D eigenvalue weighted by Gasteiger charge is 2.16. The smallest absolute Gasteiger partial charge is 0.259 e. The van der Waals surface area contributed by atoms with Crippen LogP contribution < -0.4 is 5.32 Å². The van der Waals surface area contributed by atoms with Gasteiger partial charge in [0.25, 0.3) is 5.91 Å². The van der Waals surface area contributed by atoms with Gasteiger partial charge in [-0.2, -0.15) is 0 Å². The van der Waals surface area contributed by atoms with Crippen LogP contribution >= 0.6 is 27.5 Å². The van der Waals surface area contributed by atoms with E-state index in [4.69, 9.17) is 11.6 Å². The van der Waals surface area contributed by atoms with E-state index in [1.165, 1.54) is 6.07 Å². The van der Waals surface area contributed by atoms with E-state index >= 15 is 0 Å². The molecule has 0 radical (unpaired) electrons. The van der Waals surface area contributed by atoms with E-state index < -0.39 is 23.1 Å². The van der Waals surface area contributed by atoms with Crippen LogP contribution in [0.3, 0.4) is 0 Å². The standard InChI is InChI=1S/C12H6BrClF2N2O/c13-10-2-1-3-11(17-10)18-12(19)6-4-9(16)7(14)5-8(6)15/h1-5H,(H,17,18,19). The Hall–Kier alpha value is -1.53. The molecule has 0 spiro atoms. The lowest BCUT2D eigenvalue weighted by molar-refractivity contribution is 0.102. The average Bonchev–Trinajstić information content (AvgIpc) is 2.33. The normalized spacial score (nSPS) is 10.3. The zero-order valence-corrected chi connectivity index (χ0v) is 11.6. The summed E-state index contributed by atoms with van der Waals surface area (Å²) in [6.07, 6.45) is 0. The first kappa shape index (κ1) is 13.9. The molecule has 2 rings (SSSR count). The number of nitrogens with one attached hydrogen (secondary N) is 1. The summed E-state index contributed by atoms with van der Waals surface area (Å²) < 4.78 is 27.2. The van der Waals surface area contributed by atoms with Gasteiger partial charge in [0, 0.05) is 0 Å². The van der Waals surface area contributed by atoms with Crippen molar-refractivity contribution in [2.75, 3.05) is 5.32 Å². The molecule has 1 N–H and O–H groups in total. The molecule has 3 nitrogen and oxygen atoms in total. The fraction of sp³-hybridized carbons (Fsp3) is 0. The van der Waals surface area contributed by atoms with Crippen LogP contribution in [0.5, 0.6) is 0 Å². The van der Waals surface area contributed by atoms with E-state index in [2.05, 4.69) is 26.2 Å². The summed E-state index contributed by atoms with van der Waals surface area (Å²) in [7, 11) is 0. The van der Waals surface area contributed by atoms with Crippen LogP contribution in [0.4, 0.5) is 14.6 Å². The first-order chi connectivity index (χ1) is 8.97. The van der Waals surface area contributed by atoms with Crippen LogP contribution in [0.1, 0.15) is 10.4 Å². The fourth-order valence-corrected chi connectivity index (χ4v) is 1.85. The van der Waals surface area contributed by atoms with Gasteiger partial charge in [-0.3, -0.25) is 4.79 Å². The van der Waals surface area contributed by atoms with Gasteiger partial charge in [-0.1, -0.05) is 17.7 Å². The predicted molar refractivity (Wildman–Crippen MR) is 71.3 cm³/mol. The number of nitrogens with zero attached hydrogens (tertiary/aromatic N) is 1. The third kappa shape index (κ3) is 3.27. The second-order valence-electron chi connectivity index (χ2n) is 3.55. The molecule has 7 heteroatoms. The predicted octanol–water partition coefficient (Wildman–Crippen LogP) is 4.03. The van der Waals surface area contributed by atoms with Crippen molar-refractivity contribution in [3.8, 4) is 0 Å². The number of rotatable bonds is 2. The van der Waals surface area contributed by atoms with Gasteiger partial charge in [-0.05, 0) is 40.2 Å². The van der Waals surface area contributed by atoms with Crippen molar-refractivity contribution in [1.29, 1.82) is 0 Å². The Kier molecular flexibility index (Phi) is 4.11. The molecule has 0 unspecified atom stereocenters. The molecule has 0 bridgehead atoms. The minimum absolute atomic E-state index is 0.217. The maximum absolute atomic E-state index is 13.5. The van der Waals surface area contributed by atoms with Gasteiger partial charge in [-0.15, -0.1) is 0 Å². The molecule has 0 atom stereocenters. The number of amides is 1. The highest BCUT2D eigenvalue weighted by molar-refractivity contribution is 9.10. The summed E-state index contributed by atoms with van der Waals surface area (Å²) in [6.45, 7) is 0. The van der Waals surface area contributed by atoms with E-state index in [-0.39, 0.29) is 10.8 Å². The second-order valence-corrected chi connectivity index (χ2v) is 4.77. The molecular formula is C12H6BrClF2N2O. The Morgan fingerprint density at radius 2 is 2.00 bits per heavy atom. The van der Waals surface area contributed by atoms with Crippen molar-refractivity contribution in [3.05, 3.63) is 57.2 Å². The van der Waals surface area contributed by atoms with Crippen LogP contribution in [0, 0.1) is 11.6 Å². The molecule has 0 aliphatic carbocycles. The zero-order chi connectivity index (χ0) is 14.0. The molecule has 1 heterocycles. The number of aromatic nitrogens is 1. The lowest BCUT2D eigenvalue weighted by atomic mass is 10.2. The van der Waals surface area contributed by atoms with Gasteiger partial charge in [0.1, 0.15) is 22.1 Å². The van der Waals surface area contributed by atoms with Crippen LogP contribution in [0.15, 0.2) is 34.9 Å². The molecular weight excluding hydrogens is 341 g/mol. The van der Waals surface area contributed by atoms with E-state index in [1.54, 1.807) is 12.1 Å². The minimum Gasteiger partial charge on any atom is -0.306 e. The second kappa shape index (κ2) is 5.63. The lowest BCUT2D eigenvalue weighted by Crippen LogP contribution is -2.15. The SMILES string of the molecule is O=C(Nc1cccc(Br)n1)c1cc(F)c(Cl)cc1F. The molecule has 0 aliphatic heterocycles. The number of benzene rings is 1. The van der Waals surface area contributed by atoms with Crippen LogP contribution in [0.25, 0.3) is 0 Å². The molecule has 1 aromatic heterocycles. The van der Waals surface area contributed by atoms with Gasteiger partial charge >= 0.3 is 0 Å². The summed E-state index contributed by atoms with van der Waals surface area (Å²) in [5, 5.41) is 1.98. The Balaban J connectivity index is 2.28. The Bertz CT molecular complexity index is 652. The van der Waals surface area contributed by atoms with Gasteiger partial charge in [-0.25, -0.2) is 13.8 Å². The molecule has 1 amide bonds. The summed E-state index contributed by atoms with van der Waals surface area (Å²) in [6, 6.07) is 6.32. The quantitative estimate of drug-likeness (QED) is 0.658. The Morgan fingerprint density at radius 3 is 2.68 bits per heavy atom. The third-order valence-corrected chi connectivity index (χ3v) is 2.94. The van der Waals surface area contributed by atoms with Crippen molar-refractivity contribution in [3.63, 3.8) is 0 Å². The molecule has 0 saturated carbocycles. The largest absolute Gasteiger partial charge is 0.306 e. The van der Waals surface area contributed by atoms with Gasteiger partial charge < -0.3 is 5.32 Å². The number of halogens is 4. The molecule has 2 aromatic rings. The molecule has 0 saturated heterocycles. The average molecular weight is 348 g/mol. The first-order valence-electron chi connectivity index (χ1n) is 5.06. The number of hydrogen-bond acceptors (Lipinski definition) is 2. The summed E-state index contributed by atoms with van der Waals surface area (Å²) in [5.41, 5.74) is -0.441. The molecule has 0 fully saturated rings. The van der Waals surface area contributed by atoms with E-state index in [1.807, 2.05) is 0 Å². The summed E-state index contributed by atoms with van der Waals surface area (Å²) in [5.74, 6) is -2.36. The third-order valence-electron chi connectivity index (χ3n) is 2.21. The van der Waals surface area contributed by atoms with Gasteiger partial charge in [0.2, 0.25) is 0 Å². The number of hydrogen-bond donors (Lipinski definition) is 1. The highest BCUT2D eigenvalue weighted by atomic mass is 79.9. The number of pyridine rings is 1. The van der Waals surface area contributed by atoms with Crippen molar-refractivity contribution in [1.82, 2.24) is 4.98 Å². The molecule has 0 aliphatic rings. The van der Waals surface area contributed by atoms with Crippen molar-refractivity contribution < 1.29 is 13.6 Å². The van der Waals surface area contributed by atoms with Gasteiger partial charge in [0.15, 0.2) is 0 Å².